The number of nitrogens with zero attached hydrogens (tertiary/aromatic N) is 8. The zero-order valence-corrected chi connectivity index (χ0v) is 36.6. The number of piperazine rings is 1. The molecule has 6 aromatic rings. The summed E-state index contributed by atoms with van der Waals surface area (Å²) in [5.41, 5.74) is 9.50. The number of benzene rings is 3. The van der Waals surface area contributed by atoms with Crippen LogP contribution >= 0.6 is 0 Å². The van der Waals surface area contributed by atoms with Crippen molar-refractivity contribution in [2.75, 3.05) is 67.1 Å². The number of aromatic nitrogens is 5. The van der Waals surface area contributed by atoms with Crippen molar-refractivity contribution in [3.63, 3.8) is 0 Å². The van der Waals surface area contributed by atoms with Gasteiger partial charge in [0.25, 0.3) is 11.7 Å². The second kappa shape index (κ2) is 17.3. The van der Waals surface area contributed by atoms with E-state index in [1.54, 1.807) is 4.90 Å². The number of urea groups is 1. The molecule has 326 valence electrons. The Morgan fingerprint density at radius 2 is 1.59 bits per heavy atom. The Morgan fingerprint density at radius 3 is 2.30 bits per heavy atom. The lowest BCUT2D eigenvalue weighted by molar-refractivity contribution is -0.120. The van der Waals surface area contributed by atoms with Crippen LogP contribution in [0.25, 0.3) is 33.4 Å². The van der Waals surface area contributed by atoms with E-state index < -0.39 is 0 Å². The van der Waals surface area contributed by atoms with Gasteiger partial charge in [-0.25, -0.2) is 9.78 Å². The molecule has 3 aliphatic heterocycles. The molecule has 3 fully saturated rings. The number of pyridine rings is 1. The summed E-state index contributed by atoms with van der Waals surface area (Å²) in [6.45, 7) is 17.4. The molecule has 0 radical (unpaired) electrons. The molecular formula is C48H55N11O4. The standard InChI is InChI=1S/C48H55N11O4/c1-30-25-34(11-14-39(30)31(2)50-45(61)44-52-46(63-55-44)48(3,4)5)42-40-26-35(28-49-43(40)54-53-42)33-9-12-36(13-10-33)58-23-21-56(22-24-58)29-32-15-18-57(19-16-32)37-7-6-8-38(27-37)59-20-17-41(60)51-47(59)62/h6-14,25-28,31-32H,15-24,29H2,1-5H3,(H,50,61)(H,49,53,54)(H,51,60,62)/t31-/m1/s1. The van der Waals surface area contributed by atoms with Crippen molar-refractivity contribution in [2.45, 2.75) is 65.3 Å². The van der Waals surface area contributed by atoms with Crippen LogP contribution in [-0.2, 0) is 10.2 Å². The zero-order chi connectivity index (χ0) is 43.8. The van der Waals surface area contributed by atoms with Gasteiger partial charge < -0.3 is 19.6 Å². The number of anilines is 3. The minimum absolute atomic E-state index is 0.0239. The van der Waals surface area contributed by atoms with Gasteiger partial charge in [0.1, 0.15) is 0 Å². The predicted molar refractivity (Wildman–Crippen MR) is 244 cm³/mol. The summed E-state index contributed by atoms with van der Waals surface area (Å²) in [5, 5.41) is 18.0. The molecule has 15 nitrogen and oxygen atoms in total. The number of aryl methyl sites for hydroxylation is 1. The molecule has 0 unspecified atom stereocenters. The first-order valence-corrected chi connectivity index (χ1v) is 22.0. The molecule has 3 saturated heterocycles. The van der Waals surface area contributed by atoms with Crippen LogP contribution in [0.3, 0.4) is 0 Å². The van der Waals surface area contributed by atoms with Crippen LogP contribution < -0.4 is 25.3 Å². The first-order valence-electron chi connectivity index (χ1n) is 22.0. The maximum atomic E-state index is 13.0. The van der Waals surface area contributed by atoms with E-state index >= 15 is 0 Å². The van der Waals surface area contributed by atoms with Gasteiger partial charge in [0.15, 0.2) is 5.65 Å². The smallest absolute Gasteiger partial charge is 0.328 e. The first kappa shape index (κ1) is 41.7. The summed E-state index contributed by atoms with van der Waals surface area (Å²) >= 11 is 0. The summed E-state index contributed by atoms with van der Waals surface area (Å²) in [6, 6.07) is 24.6. The van der Waals surface area contributed by atoms with Gasteiger partial charge in [-0.1, -0.05) is 56.3 Å². The summed E-state index contributed by atoms with van der Waals surface area (Å²) < 4.78 is 5.32. The van der Waals surface area contributed by atoms with Gasteiger partial charge in [0, 0.05) is 104 Å². The zero-order valence-electron chi connectivity index (χ0n) is 36.6. The molecule has 0 spiro atoms. The number of nitrogens with one attached hydrogen (secondary N) is 3. The van der Waals surface area contributed by atoms with Crippen LogP contribution in [0, 0.1) is 12.8 Å². The van der Waals surface area contributed by atoms with Crippen molar-refractivity contribution in [1.82, 2.24) is 40.9 Å². The number of hydrogen-bond acceptors (Lipinski definition) is 11. The Hall–Kier alpha value is -6.61. The number of aromatic amines is 1. The molecule has 0 saturated carbocycles. The van der Waals surface area contributed by atoms with Crippen molar-refractivity contribution in [3.05, 3.63) is 102 Å². The average molecular weight is 850 g/mol. The summed E-state index contributed by atoms with van der Waals surface area (Å²) in [7, 11) is 0. The molecule has 6 heterocycles. The van der Waals surface area contributed by atoms with E-state index in [1.165, 1.54) is 5.69 Å². The monoisotopic (exact) mass is 849 g/mol. The highest BCUT2D eigenvalue weighted by Gasteiger charge is 2.28. The third kappa shape index (κ3) is 9.01. The quantitative estimate of drug-likeness (QED) is 0.127. The average Bonchev–Trinajstić information content (AvgIpc) is 3.96. The molecule has 3 aromatic carbocycles. The third-order valence-corrected chi connectivity index (χ3v) is 12.7. The minimum Gasteiger partial charge on any atom is -0.371 e. The normalized spacial score (nSPS) is 17.3. The van der Waals surface area contributed by atoms with Crippen molar-refractivity contribution < 1.29 is 18.9 Å². The Bertz CT molecular complexity index is 2630. The summed E-state index contributed by atoms with van der Waals surface area (Å²) in [6.07, 6.45) is 4.48. The number of hydrogen-bond donors (Lipinski definition) is 3. The topological polar surface area (TPSA) is 169 Å². The van der Waals surface area contributed by atoms with Gasteiger partial charge >= 0.3 is 6.03 Å². The molecule has 15 heteroatoms. The number of rotatable bonds is 10. The van der Waals surface area contributed by atoms with E-state index in [9.17, 15) is 14.4 Å². The second-order valence-electron chi connectivity index (χ2n) is 18.2. The molecule has 9 rings (SSSR count). The van der Waals surface area contributed by atoms with E-state index in [0.29, 0.717) is 30.4 Å². The third-order valence-electron chi connectivity index (χ3n) is 12.7. The van der Waals surface area contributed by atoms with Crippen molar-refractivity contribution in [2.24, 2.45) is 5.92 Å². The molecule has 4 amide bonds. The molecular weight excluding hydrogens is 795 g/mol. The lowest BCUT2D eigenvalue weighted by atomic mass is 9.95. The Morgan fingerprint density at radius 1 is 0.857 bits per heavy atom. The maximum Gasteiger partial charge on any atom is 0.328 e. The number of piperidine rings is 1. The summed E-state index contributed by atoms with van der Waals surface area (Å²) in [4.78, 5) is 55.2. The summed E-state index contributed by atoms with van der Waals surface area (Å²) in [5.74, 6) is 0.506. The number of H-pyrrole nitrogens is 1. The highest BCUT2D eigenvalue weighted by atomic mass is 16.5. The number of carbonyl (C=O) groups excluding carboxylic acids is 3. The van der Waals surface area contributed by atoms with E-state index in [4.69, 9.17) is 9.51 Å². The molecule has 3 N–H and O–H groups in total. The molecule has 63 heavy (non-hydrogen) atoms. The SMILES string of the molecule is Cc1cc(-c2[nH]nc3ncc(-c4ccc(N5CCN(CC6CCN(c7cccc(N8CCC(=O)NC8=O)c7)CC6)CC5)cc4)cc23)ccc1[C@@H](C)NC(=O)c1noc(C(C)(C)C)n1. The lowest BCUT2D eigenvalue weighted by Gasteiger charge is -2.40. The van der Waals surface area contributed by atoms with E-state index in [0.717, 1.165) is 109 Å². The van der Waals surface area contributed by atoms with E-state index in [2.05, 4.69) is 94.2 Å². The van der Waals surface area contributed by atoms with Gasteiger partial charge in [0.05, 0.1) is 11.7 Å². The highest BCUT2D eigenvalue weighted by Crippen LogP contribution is 2.33. The van der Waals surface area contributed by atoms with Crippen molar-refractivity contribution in [3.8, 4) is 22.4 Å². The number of carbonyl (C=O) groups is 3. The van der Waals surface area contributed by atoms with Crippen LogP contribution in [0.15, 0.2) is 83.5 Å². The Balaban J connectivity index is 0.776. The van der Waals surface area contributed by atoms with Crippen molar-refractivity contribution in [1.29, 1.82) is 0 Å². The van der Waals surface area contributed by atoms with Crippen LogP contribution in [0.4, 0.5) is 21.9 Å². The van der Waals surface area contributed by atoms with Gasteiger partial charge in [-0.3, -0.25) is 29.8 Å². The number of fused-ring (bicyclic) bond motifs is 1. The van der Waals surface area contributed by atoms with Gasteiger partial charge in [0.2, 0.25) is 11.8 Å². The molecule has 3 aromatic heterocycles. The van der Waals surface area contributed by atoms with Crippen LogP contribution in [0.1, 0.15) is 80.6 Å². The largest absolute Gasteiger partial charge is 0.371 e. The number of imide groups is 1. The fourth-order valence-corrected chi connectivity index (χ4v) is 9.01. The molecule has 3 aliphatic rings. The highest BCUT2D eigenvalue weighted by molar-refractivity contribution is 6.05. The molecule has 0 bridgehead atoms. The molecule has 0 aliphatic carbocycles. The fourth-order valence-electron chi connectivity index (χ4n) is 9.01. The maximum absolute atomic E-state index is 13.0. The molecule has 1 atom stereocenters. The van der Waals surface area contributed by atoms with Gasteiger partial charge in [-0.2, -0.15) is 10.1 Å². The van der Waals surface area contributed by atoms with Crippen LogP contribution in [0.5, 0.6) is 0 Å². The Labute approximate surface area is 367 Å². The van der Waals surface area contributed by atoms with E-state index in [1.807, 2.05) is 65.1 Å². The second-order valence-corrected chi connectivity index (χ2v) is 18.2. The van der Waals surface area contributed by atoms with E-state index in [-0.39, 0.29) is 35.1 Å². The first-order chi connectivity index (χ1) is 30.4. The van der Waals surface area contributed by atoms with Gasteiger partial charge in [-0.05, 0) is 91.8 Å². The minimum atomic E-state index is -0.382. The fraction of sp³-hybridized carbons (Fsp3) is 0.396. The lowest BCUT2D eigenvalue weighted by Crippen LogP contribution is -2.49. The van der Waals surface area contributed by atoms with Crippen LogP contribution in [-0.4, -0.2) is 100 Å². The van der Waals surface area contributed by atoms with Gasteiger partial charge in [-0.15, -0.1) is 0 Å². The Kier molecular flexibility index (Phi) is 11.4. The predicted octanol–water partition coefficient (Wildman–Crippen LogP) is 7.26. The van der Waals surface area contributed by atoms with Crippen LogP contribution in [0.2, 0.25) is 0 Å². The number of amides is 4. The van der Waals surface area contributed by atoms with Crippen molar-refractivity contribution >= 4 is 45.9 Å².